The molecule has 0 fully saturated rings. The van der Waals surface area contributed by atoms with Gasteiger partial charge < -0.3 is 10.0 Å². The van der Waals surface area contributed by atoms with E-state index in [0.717, 1.165) is 11.3 Å². The molecule has 1 aliphatic rings. The minimum atomic E-state index is -0.845. The Balaban J connectivity index is 2.28. The number of likely N-dealkylation sites (N-methyl/N-ethyl adjacent to an activating group) is 1. The third-order valence-electron chi connectivity index (χ3n) is 3.72. The molecule has 0 aliphatic carbocycles. The highest BCUT2D eigenvalue weighted by atomic mass is 16.4. The first-order valence-electron chi connectivity index (χ1n) is 7.06. The predicted octanol–water partition coefficient (Wildman–Crippen LogP) is 2.69. The molecular weight excluding hydrogens is 268 g/mol. The Labute approximate surface area is 124 Å². The van der Waals surface area contributed by atoms with Gasteiger partial charge in [-0.25, -0.2) is 4.79 Å². The molecule has 5 nitrogen and oxygen atoms in total. The Bertz CT molecular complexity index is 556. The number of para-hydroxylation sites is 1. The number of aliphatic carboxylic acids is 1. The lowest BCUT2D eigenvalue weighted by molar-refractivity contribution is -0.137. The Hall–Kier alpha value is -2.30. The van der Waals surface area contributed by atoms with Gasteiger partial charge in [0.05, 0.1) is 6.42 Å². The number of nitrogens with zero attached hydrogens (tertiary/aromatic N) is 2. The first kappa shape index (κ1) is 15.1. The molecule has 1 atom stereocenters. The van der Waals surface area contributed by atoms with Crippen molar-refractivity contribution in [1.82, 2.24) is 4.90 Å². The molecule has 1 unspecified atom stereocenters. The first-order chi connectivity index (χ1) is 10.1. The van der Waals surface area contributed by atoms with Gasteiger partial charge in [-0.15, -0.1) is 6.58 Å². The number of benzene rings is 1. The minimum Gasteiger partial charge on any atom is -0.481 e. The average Bonchev–Trinajstić information content (AvgIpc) is 2.82. The minimum absolute atomic E-state index is 0.0361. The van der Waals surface area contributed by atoms with Gasteiger partial charge in [0.2, 0.25) is 0 Å². The number of hydrogen-bond donors (Lipinski definition) is 1. The van der Waals surface area contributed by atoms with E-state index in [2.05, 4.69) is 6.58 Å². The largest absolute Gasteiger partial charge is 0.481 e. The average molecular weight is 288 g/mol. The van der Waals surface area contributed by atoms with Crippen LogP contribution in [-0.2, 0) is 4.79 Å². The van der Waals surface area contributed by atoms with Gasteiger partial charge in [-0.2, -0.15) is 0 Å². The van der Waals surface area contributed by atoms with Crippen molar-refractivity contribution in [1.29, 1.82) is 0 Å². The summed E-state index contributed by atoms with van der Waals surface area (Å²) < 4.78 is 0. The molecule has 1 heterocycles. The summed E-state index contributed by atoms with van der Waals surface area (Å²) in [5, 5.41) is 9.04. The van der Waals surface area contributed by atoms with Crippen LogP contribution < -0.4 is 4.90 Å². The number of carboxylic acids is 1. The maximum Gasteiger partial charge on any atom is 0.324 e. The number of carbonyl (C=O) groups is 2. The van der Waals surface area contributed by atoms with E-state index in [4.69, 9.17) is 5.11 Å². The summed E-state index contributed by atoms with van der Waals surface area (Å²) in [7, 11) is 0. The molecule has 112 valence electrons. The fourth-order valence-corrected chi connectivity index (χ4v) is 2.73. The van der Waals surface area contributed by atoms with Crippen LogP contribution in [0.15, 0.2) is 36.9 Å². The summed E-state index contributed by atoms with van der Waals surface area (Å²) in [5.74, 6) is -0.993. The van der Waals surface area contributed by atoms with Crippen molar-refractivity contribution in [3.05, 3.63) is 42.5 Å². The number of fused-ring (bicyclic) bond motifs is 1. The van der Waals surface area contributed by atoms with Crippen molar-refractivity contribution in [2.45, 2.75) is 19.3 Å². The summed E-state index contributed by atoms with van der Waals surface area (Å²) in [4.78, 5) is 27.0. The topological polar surface area (TPSA) is 60.9 Å². The highest BCUT2D eigenvalue weighted by molar-refractivity contribution is 5.95. The van der Waals surface area contributed by atoms with Crippen LogP contribution in [0.1, 0.15) is 24.8 Å². The van der Waals surface area contributed by atoms with E-state index in [-0.39, 0.29) is 18.4 Å². The molecule has 0 saturated heterocycles. The number of amides is 2. The van der Waals surface area contributed by atoms with Crippen LogP contribution in [-0.4, -0.2) is 41.6 Å². The SMILES string of the molecule is C=CCN(CC)C(=O)N1CC(CC(=O)O)c2ccccc21. The normalized spacial score (nSPS) is 16.4. The smallest absolute Gasteiger partial charge is 0.324 e. The molecular formula is C16H20N2O3. The van der Waals surface area contributed by atoms with Gasteiger partial charge in [0, 0.05) is 31.2 Å². The summed E-state index contributed by atoms with van der Waals surface area (Å²) in [5.41, 5.74) is 1.75. The lowest BCUT2D eigenvalue weighted by Gasteiger charge is -2.26. The molecule has 0 radical (unpaired) electrons. The standard InChI is InChI=1S/C16H20N2O3/c1-3-9-17(4-2)16(21)18-11-12(10-15(19)20)13-7-5-6-8-14(13)18/h3,5-8,12H,1,4,9-11H2,2H3,(H,19,20). The zero-order valence-electron chi connectivity index (χ0n) is 12.2. The summed E-state index contributed by atoms with van der Waals surface area (Å²) in [6.07, 6.45) is 1.73. The van der Waals surface area contributed by atoms with E-state index < -0.39 is 5.97 Å². The molecule has 0 saturated carbocycles. The van der Waals surface area contributed by atoms with E-state index in [0.29, 0.717) is 19.6 Å². The molecule has 0 spiro atoms. The zero-order chi connectivity index (χ0) is 15.4. The lowest BCUT2D eigenvalue weighted by atomic mass is 9.98. The molecule has 0 aromatic heterocycles. The number of anilines is 1. The van der Waals surface area contributed by atoms with Crippen LogP contribution in [0.2, 0.25) is 0 Å². The van der Waals surface area contributed by atoms with Gasteiger partial charge in [-0.3, -0.25) is 9.69 Å². The van der Waals surface area contributed by atoms with E-state index in [1.54, 1.807) is 15.9 Å². The maximum absolute atomic E-state index is 12.6. The molecule has 1 aliphatic heterocycles. The van der Waals surface area contributed by atoms with Crippen LogP contribution in [0.3, 0.4) is 0 Å². The molecule has 2 rings (SSSR count). The third-order valence-corrected chi connectivity index (χ3v) is 3.72. The van der Waals surface area contributed by atoms with Crippen LogP contribution in [0.4, 0.5) is 10.5 Å². The van der Waals surface area contributed by atoms with E-state index in [1.807, 2.05) is 31.2 Å². The highest BCUT2D eigenvalue weighted by Crippen LogP contribution is 2.38. The maximum atomic E-state index is 12.6. The monoisotopic (exact) mass is 288 g/mol. The van der Waals surface area contributed by atoms with Gasteiger partial charge in [0.25, 0.3) is 0 Å². The van der Waals surface area contributed by atoms with E-state index in [1.165, 1.54) is 0 Å². The Morgan fingerprint density at radius 2 is 2.19 bits per heavy atom. The number of carbonyl (C=O) groups excluding carboxylic acids is 1. The predicted molar refractivity (Wildman–Crippen MR) is 81.6 cm³/mol. The molecule has 0 bridgehead atoms. The van der Waals surface area contributed by atoms with Gasteiger partial charge in [-0.05, 0) is 18.6 Å². The van der Waals surface area contributed by atoms with Crippen molar-refractivity contribution in [2.24, 2.45) is 0 Å². The second-order valence-electron chi connectivity index (χ2n) is 5.07. The van der Waals surface area contributed by atoms with Crippen LogP contribution >= 0.6 is 0 Å². The summed E-state index contributed by atoms with van der Waals surface area (Å²) >= 11 is 0. The first-order valence-corrected chi connectivity index (χ1v) is 7.06. The van der Waals surface area contributed by atoms with E-state index in [9.17, 15) is 9.59 Å². The molecule has 2 amide bonds. The van der Waals surface area contributed by atoms with Gasteiger partial charge in [-0.1, -0.05) is 24.3 Å². The second kappa shape index (κ2) is 6.43. The Morgan fingerprint density at radius 1 is 1.48 bits per heavy atom. The fraction of sp³-hybridized carbons (Fsp3) is 0.375. The van der Waals surface area contributed by atoms with Crippen molar-refractivity contribution in [3.63, 3.8) is 0 Å². The number of rotatable bonds is 5. The fourth-order valence-electron chi connectivity index (χ4n) is 2.73. The molecule has 1 aromatic rings. The third kappa shape index (κ3) is 3.07. The summed E-state index contributed by atoms with van der Waals surface area (Å²) in [6.45, 7) is 7.07. The quantitative estimate of drug-likeness (QED) is 0.847. The second-order valence-corrected chi connectivity index (χ2v) is 5.07. The molecule has 21 heavy (non-hydrogen) atoms. The Morgan fingerprint density at radius 3 is 2.81 bits per heavy atom. The van der Waals surface area contributed by atoms with E-state index >= 15 is 0 Å². The zero-order valence-corrected chi connectivity index (χ0v) is 12.2. The molecule has 1 N–H and O–H groups in total. The molecule has 5 heteroatoms. The van der Waals surface area contributed by atoms with Crippen molar-refractivity contribution < 1.29 is 14.7 Å². The van der Waals surface area contributed by atoms with Crippen molar-refractivity contribution in [2.75, 3.05) is 24.5 Å². The van der Waals surface area contributed by atoms with Crippen molar-refractivity contribution >= 4 is 17.7 Å². The number of hydrogen-bond acceptors (Lipinski definition) is 2. The van der Waals surface area contributed by atoms with Crippen LogP contribution in [0, 0.1) is 0 Å². The van der Waals surface area contributed by atoms with Gasteiger partial charge in [0.1, 0.15) is 0 Å². The molecule has 1 aromatic carbocycles. The summed E-state index contributed by atoms with van der Waals surface area (Å²) in [6, 6.07) is 7.42. The van der Waals surface area contributed by atoms with Crippen LogP contribution in [0.5, 0.6) is 0 Å². The number of urea groups is 1. The lowest BCUT2D eigenvalue weighted by Crippen LogP contribution is -2.43. The Kier molecular flexibility index (Phi) is 4.62. The van der Waals surface area contributed by atoms with Crippen LogP contribution in [0.25, 0.3) is 0 Å². The van der Waals surface area contributed by atoms with Gasteiger partial charge >= 0.3 is 12.0 Å². The van der Waals surface area contributed by atoms with Crippen molar-refractivity contribution in [3.8, 4) is 0 Å². The highest BCUT2D eigenvalue weighted by Gasteiger charge is 2.34. The van der Waals surface area contributed by atoms with Gasteiger partial charge in [0.15, 0.2) is 0 Å². The number of carboxylic acid groups (broad SMARTS) is 1.